The summed E-state index contributed by atoms with van der Waals surface area (Å²) in [7, 11) is 0. The summed E-state index contributed by atoms with van der Waals surface area (Å²) in [6.07, 6.45) is 2.01. The minimum Gasteiger partial charge on any atom is -0.489 e. The third-order valence-electron chi connectivity index (χ3n) is 10.6. The molecule has 0 aliphatic carbocycles. The van der Waals surface area contributed by atoms with Crippen LogP contribution in [-0.2, 0) is 40.4 Å². The van der Waals surface area contributed by atoms with E-state index in [1.165, 1.54) is 17.3 Å². The molecule has 0 saturated carbocycles. The van der Waals surface area contributed by atoms with Crippen molar-refractivity contribution < 1.29 is 33.8 Å². The third-order valence-corrected chi connectivity index (χ3v) is 11.3. The number of carboxylic acid groups (broad SMARTS) is 1. The lowest BCUT2D eigenvalue weighted by Crippen LogP contribution is -2.56. The fourth-order valence-electron chi connectivity index (χ4n) is 7.33. The number of carbonyl (C=O) groups excluding carboxylic acids is 3. The van der Waals surface area contributed by atoms with E-state index in [2.05, 4.69) is 21.7 Å². The highest BCUT2D eigenvalue weighted by molar-refractivity contribution is 6.42. The number of carbonyl (C=O) groups is 4. The van der Waals surface area contributed by atoms with Gasteiger partial charge < -0.3 is 30.1 Å². The van der Waals surface area contributed by atoms with Crippen LogP contribution in [0.2, 0.25) is 10.0 Å². The van der Waals surface area contributed by atoms with Gasteiger partial charge in [0, 0.05) is 42.9 Å². The minimum absolute atomic E-state index is 0.00322. The fourth-order valence-corrected chi connectivity index (χ4v) is 7.65. The number of nitriles is 1. The topological polar surface area (TPSA) is 171 Å². The van der Waals surface area contributed by atoms with Gasteiger partial charge in [-0.3, -0.25) is 19.4 Å². The van der Waals surface area contributed by atoms with E-state index < -0.39 is 41.9 Å². The summed E-state index contributed by atoms with van der Waals surface area (Å²) in [4.78, 5) is 59.6. The Morgan fingerprint density at radius 1 is 0.885 bits per heavy atom. The Balaban J connectivity index is 0.991. The third kappa shape index (κ3) is 9.04. The molecule has 6 aromatic rings. The number of amides is 3. The van der Waals surface area contributed by atoms with Gasteiger partial charge in [0.2, 0.25) is 12.0 Å². The Bertz CT molecular complexity index is 2690. The van der Waals surface area contributed by atoms with Crippen LogP contribution >= 0.6 is 23.2 Å². The number of hydrogen-bond donors (Lipinski definition) is 3. The second-order valence-corrected chi connectivity index (χ2v) is 15.4. The standard InChI is InChI=1S/C47H35Cl2N5O7/c48-37-14-5-29(19-38(37)49)26-60-36-12-10-32(11-13-36)43-45(56)52-39-21-34-22-41(54(25-35(34)23-42(39)61-43)46(57)33-15-17-51-18-16-33)44(55)53-40(47(58)59)20-27-1-6-30(7-2-27)31-8-3-28(24-50)4-9-31/h1-19,21,23,40-41,43H,20,22,25-26H2,(H,52,56)(H,53,55)(H,58,59)/t40?,41-,43-/m0/s1. The predicted molar refractivity (Wildman–Crippen MR) is 227 cm³/mol. The van der Waals surface area contributed by atoms with Crippen LogP contribution in [0.15, 0.2) is 128 Å². The number of benzene rings is 5. The maximum Gasteiger partial charge on any atom is 0.326 e. The Morgan fingerprint density at radius 2 is 1.57 bits per heavy atom. The monoisotopic (exact) mass is 851 g/mol. The first-order chi connectivity index (χ1) is 29.5. The number of ether oxygens (including phenoxy) is 2. The molecule has 0 saturated heterocycles. The van der Waals surface area contributed by atoms with Crippen LogP contribution < -0.4 is 20.1 Å². The van der Waals surface area contributed by atoms with Crippen molar-refractivity contribution in [1.82, 2.24) is 15.2 Å². The van der Waals surface area contributed by atoms with Crippen molar-refractivity contribution >= 4 is 52.6 Å². The first-order valence-electron chi connectivity index (χ1n) is 19.2. The summed E-state index contributed by atoms with van der Waals surface area (Å²) < 4.78 is 12.2. The van der Waals surface area contributed by atoms with Crippen molar-refractivity contribution in [2.45, 2.75) is 44.2 Å². The van der Waals surface area contributed by atoms with Crippen LogP contribution in [0, 0.1) is 11.3 Å². The average Bonchev–Trinajstić information content (AvgIpc) is 3.28. The number of fused-ring (bicyclic) bond motifs is 2. The number of pyridine rings is 1. The lowest BCUT2D eigenvalue weighted by Gasteiger charge is -2.37. The molecule has 8 rings (SSSR count). The molecular weight excluding hydrogens is 817 g/mol. The number of hydrogen-bond acceptors (Lipinski definition) is 8. The van der Waals surface area contributed by atoms with Gasteiger partial charge in [-0.15, -0.1) is 0 Å². The quantitative estimate of drug-likeness (QED) is 0.117. The highest BCUT2D eigenvalue weighted by Crippen LogP contribution is 2.40. The van der Waals surface area contributed by atoms with Crippen LogP contribution in [-0.4, -0.2) is 50.8 Å². The highest BCUT2D eigenvalue weighted by atomic mass is 35.5. The maximum atomic E-state index is 14.1. The lowest BCUT2D eigenvalue weighted by molar-refractivity contribution is -0.142. The predicted octanol–water partition coefficient (Wildman–Crippen LogP) is 7.96. The molecule has 2 aliphatic rings. The maximum absolute atomic E-state index is 14.1. The van der Waals surface area contributed by atoms with Gasteiger partial charge in [-0.2, -0.15) is 5.26 Å². The molecule has 2 aliphatic heterocycles. The normalized spacial score (nSPS) is 15.8. The van der Waals surface area contributed by atoms with Gasteiger partial charge in [0.05, 0.1) is 27.4 Å². The average molecular weight is 853 g/mol. The largest absolute Gasteiger partial charge is 0.489 e. The Labute approximate surface area is 360 Å². The van der Waals surface area contributed by atoms with Gasteiger partial charge in [-0.25, -0.2) is 4.79 Å². The summed E-state index contributed by atoms with van der Waals surface area (Å²) in [5.41, 5.74) is 6.52. The molecule has 5 aromatic carbocycles. The van der Waals surface area contributed by atoms with Gasteiger partial charge in [0.1, 0.15) is 30.2 Å². The summed E-state index contributed by atoms with van der Waals surface area (Å²) in [5, 5.41) is 25.9. The second-order valence-electron chi connectivity index (χ2n) is 14.6. The van der Waals surface area contributed by atoms with Crippen molar-refractivity contribution in [2.24, 2.45) is 0 Å². The van der Waals surface area contributed by atoms with Crippen LogP contribution in [0.4, 0.5) is 5.69 Å². The van der Waals surface area contributed by atoms with Crippen molar-refractivity contribution in [3.05, 3.63) is 177 Å². The molecule has 12 nitrogen and oxygen atoms in total. The van der Waals surface area contributed by atoms with E-state index in [0.29, 0.717) is 60.6 Å². The molecule has 3 amide bonds. The SMILES string of the molecule is N#Cc1ccc(-c2ccc(CC(NC(=O)[C@@H]3Cc4cc5c(cc4CN3C(=O)c3ccncc3)O[C@@H](c3ccc(OCc4ccc(Cl)c(Cl)c4)cc3)C(=O)N5)C(=O)O)cc2)cc1. The molecule has 304 valence electrons. The van der Waals surface area contributed by atoms with Crippen molar-refractivity contribution in [2.75, 3.05) is 5.32 Å². The summed E-state index contributed by atoms with van der Waals surface area (Å²) in [5.74, 6) is -1.75. The smallest absolute Gasteiger partial charge is 0.326 e. The molecular formula is C47H35Cl2N5O7. The molecule has 3 N–H and O–H groups in total. The number of carboxylic acids is 1. The molecule has 1 unspecified atom stereocenters. The van der Waals surface area contributed by atoms with Crippen LogP contribution in [0.3, 0.4) is 0 Å². The lowest BCUT2D eigenvalue weighted by atomic mass is 9.91. The molecule has 3 heterocycles. The molecule has 0 radical (unpaired) electrons. The van der Waals surface area contributed by atoms with E-state index in [9.17, 15) is 24.3 Å². The number of anilines is 1. The van der Waals surface area contributed by atoms with Gasteiger partial charge in [-0.05, 0) is 94.0 Å². The molecule has 61 heavy (non-hydrogen) atoms. The van der Waals surface area contributed by atoms with Crippen LogP contribution in [0.1, 0.15) is 49.8 Å². The first-order valence-corrected chi connectivity index (χ1v) is 19.9. The zero-order valence-corrected chi connectivity index (χ0v) is 33.7. The van der Waals surface area contributed by atoms with Crippen molar-refractivity contribution in [1.29, 1.82) is 5.26 Å². The number of aromatic nitrogens is 1. The summed E-state index contributed by atoms with van der Waals surface area (Å²) in [6, 6.07) is 32.9. The first kappa shape index (κ1) is 40.6. The zero-order chi connectivity index (χ0) is 42.6. The van der Waals surface area contributed by atoms with E-state index in [4.69, 9.17) is 37.9 Å². The summed E-state index contributed by atoms with van der Waals surface area (Å²) >= 11 is 12.2. The Morgan fingerprint density at radius 3 is 2.25 bits per heavy atom. The van der Waals surface area contributed by atoms with Gasteiger partial charge in [0.15, 0.2) is 0 Å². The summed E-state index contributed by atoms with van der Waals surface area (Å²) in [6.45, 7) is 0.263. The van der Waals surface area contributed by atoms with Crippen LogP contribution in [0.25, 0.3) is 11.1 Å². The number of nitrogens with one attached hydrogen (secondary N) is 2. The van der Waals surface area contributed by atoms with Crippen molar-refractivity contribution in [3.8, 4) is 28.7 Å². The molecule has 3 atom stereocenters. The van der Waals surface area contributed by atoms with E-state index in [0.717, 1.165) is 16.7 Å². The highest BCUT2D eigenvalue weighted by Gasteiger charge is 2.39. The van der Waals surface area contributed by atoms with E-state index in [1.54, 1.807) is 84.9 Å². The van der Waals surface area contributed by atoms with E-state index in [1.807, 2.05) is 30.3 Å². The Kier molecular flexibility index (Phi) is 11.7. The molecule has 1 aromatic heterocycles. The number of rotatable bonds is 11. The van der Waals surface area contributed by atoms with Gasteiger partial charge in [-0.1, -0.05) is 77.8 Å². The molecule has 0 spiro atoms. The zero-order valence-electron chi connectivity index (χ0n) is 32.2. The Hall–Kier alpha value is -7.20. The van der Waals surface area contributed by atoms with Crippen LogP contribution in [0.5, 0.6) is 11.5 Å². The number of aliphatic carboxylic acids is 1. The number of nitrogens with zero attached hydrogens (tertiary/aromatic N) is 3. The van der Waals surface area contributed by atoms with Crippen molar-refractivity contribution in [3.63, 3.8) is 0 Å². The second kappa shape index (κ2) is 17.6. The fraction of sp³-hybridized carbons (Fsp3) is 0.149. The van der Waals surface area contributed by atoms with Gasteiger partial charge >= 0.3 is 5.97 Å². The van der Waals surface area contributed by atoms with Gasteiger partial charge in [0.25, 0.3) is 11.8 Å². The number of halogens is 2. The van der Waals surface area contributed by atoms with E-state index in [-0.39, 0.29) is 26.0 Å². The molecule has 0 bridgehead atoms. The molecule has 0 fully saturated rings. The molecule has 14 heteroatoms. The minimum atomic E-state index is -1.30. The van der Waals surface area contributed by atoms with E-state index >= 15 is 0 Å².